The van der Waals surface area contributed by atoms with Crippen molar-refractivity contribution in [2.75, 3.05) is 46.8 Å². The molecule has 3 nitrogen and oxygen atoms in total. The predicted octanol–water partition coefficient (Wildman–Crippen LogP) is 2.09. The number of likely N-dealkylation sites (N-methyl/N-ethyl adjacent to an activating group) is 1. The van der Waals surface area contributed by atoms with Crippen molar-refractivity contribution in [1.29, 1.82) is 0 Å². The third kappa shape index (κ3) is 15.9. The Morgan fingerprint density at radius 2 is 1.29 bits per heavy atom. The van der Waals surface area contributed by atoms with Crippen molar-refractivity contribution in [2.24, 2.45) is 0 Å². The summed E-state index contributed by atoms with van der Waals surface area (Å²) >= 11 is 0. The maximum atomic E-state index is 3.49. The molecule has 17 heavy (non-hydrogen) atoms. The van der Waals surface area contributed by atoms with Gasteiger partial charge in [-0.25, -0.2) is 0 Å². The second kappa shape index (κ2) is 13.9. The lowest BCUT2D eigenvalue weighted by molar-refractivity contribution is 0.399. The number of hydrogen-bond acceptors (Lipinski definition) is 3. The third-order valence-corrected chi connectivity index (χ3v) is 2.92. The van der Waals surface area contributed by atoms with Gasteiger partial charge in [0.1, 0.15) is 0 Å². The summed E-state index contributed by atoms with van der Waals surface area (Å²) in [6, 6.07) is 0. The summed E-state index contributed by atoms with van der Waals surface area (Å²) < 4.78 is 0. The standard InChI is InChI=1S/C14H33N3/c1-4-5-6-7-8-9-10-15-11-12-16-13-14-17(2)3/h15-16H,4-14H2,1-3H3. The highest BCUT2D eigenvalue weighted by molar-refractivity contribution is 4.54. The first-order chi connectivity index (χ1) is 8.27. The lowest BCUT2D eigenvalue weighted by Gasteiger charge is -2.10. The van der Waals surface area contributed by atoms with Gasteiger partial charge >= 0.3 is 0 Å². The number of nitrogens with zero attached hydrogens (tertiary/aromatic N) is 1. The Kier molecular flexibility index (Phi) is 13.8. The van der Waals surface area contributed by atoms with Crippen LogP contribution < -0.4 is 10.6 Å². The lowest BCUT2D eigenvalue weighted by Crippen LogP contribution is -2.32. The molecule has 3 heteroatoms. The van der Waals surface area contributed by atoms with Crippen LogP contribution in [0.2, 0.25) is 0 Å². The SMILES string of the molecule is CCCCCCCCNCCNCCN(C)C. The van der Waals surface area contributed by atoms with E-state index in [0.717, 1.165) is 26.2 Å². The number of unbranched alkanes of at least 4 members (excludes halogenated alkanes) is 5. The Bertz CT molecular complexity index is 137. The van der Waals surface area contributed by atoms with E-state index < -0.39 is 0 Å². The van der Waals surface area contributed by atoms with E-state index >= 15 is 0 Å². The van der Waals surface area contributed by atoms with E-state index in [9.17, 15) is 0 Å². The average molecular weight is 243 g/mol. The Labute approximate surface area is 108 Å². The summed E-state index contributed by atoms with van der Waals surface area (Å²) in [6.07, 6.45) is 8.31. The molecular formula is C14H33N3. The number of rotatable bonds is 13. The molecule has 0 aromatic carbocycles. The van der Waals surface area contributed by atoms with Crippen molar-refractivity contribution >= 4 is 0 Å². The van der Waals surface area contributed by atoms with Gasteiger partial charge in [-0.15, -0.1) is 0 Å². The van der Waals surface area contributed by atoms with Crippen LogP contribution in [-0.2, 0) is 0 Å². The molecule has 0 saturated heterocycles. The Morgan fingerprint density at radius 3 is 1.94 bits per heavy atom. The molecule has 0 unspecified atom stereocenters. The fraction of sp³-hybridized carbons (Fsp3) is 1.00. The molecular weight excluding hydrogens is 210 g/mol. The second-order valence-corrected chi connectivity index (χ2v) is 5.07. The molecule has 0 heterocycles. The molecule has 0 fully saturated rings. The predicted molar refractivity (Wildman–Crippen MR) is 77.7 cm³/mol. The van der Waals surface area contributed by atoms with E-state index in [1.54, 1.807) is 0 Å². The van der Waals surface area contributed by atoms with E-state index in [2.05, 4.69) is 36.6 Å². The third-order valence-electron chi connectivity index (χ3n) is 2.92. The zero-order chi connectivity index (χ0) is 12.8. The van der Waals surface area contributed by atoms with Crippen LogP contribution in [0.4, 0.5) is 0 Å². The highest BCUT2D eigenvalue weighted by Gasteiger charge is 1.91. The summed E-state index contributed by atoms with van der Waals surface area (Å²) in [4.78, 5) is 2.21. The largest absolute Gasteiger partial charge is 0.315 e. The van der Waals surface area contributed by atoms with Gasteiger partial charge in [0.25, 0.3) is 0 Å². The van der Waals surface area contributed by atoms with Crippen LogP contribution in [0, 0.1) is 0 Å². The molecule has 0 aromatic heterocycles. The van der Waals surface area contributed by atoms with E-state index in [-0.39, 0.29) is 0 Å². The quantitative estimate of drug-likeness (QED) is 0.485. The monoisotopic (exact) mass is 243 g/mol. The van der Waals surface area contributed by atoms with Crippen LogP contribution in [0.3, 0.4) is 0 Å². The molecule has 0 amide bonds. The van der Waals surface area contributed by atoms with Crippen LogP contribution >= 0.6 is 0 Å². The van der Waals surface area contributed by atoms with Gasteiger partial charge in [-0.1, -0.05) is 39.0 Å². The lowest BCUT2D eigenvalue weighted by atomic mass is 10.1. The minimum absolute atomic E-state index is 1.09. The molecule has 0 aliphatic rings. The zero-order valence-electron chi connectivity index (χ0n) is 12.2. The smallest absolute Gasteiger partial charge is 0.0101 e. The van der Waals surface area contributed by atoms with E-state index in [1.165, 1.54) is 45.1 Å². The van der Waals surface area contributed by atoms with Gasteiger partial charge < -0.3 is 15.5 Å². The van der Waals surface area contributed by atoms with Crippen molar-refractivity contribution in [3.8, 4) is 0 Å². The van der Waals surface area contributed by atoms with Gasteiger partial charge in [-0.05, 0) is 27.1 Å². The molecule has 0 saturated carbocycles. The molecule has 0 aliphatic carbocycles. The average Bonchev–Trinajstić information content (AvgIpc) is 2.30. The Morgan fingerprint density at radius 1 is 0.706 bits per heavy atom. The van der Waals surface area contributed by atoms with Gasteiger partial charge in [-0.2, -0.15) is 0 Å². The first-order valence-corrected chi connectivity index (χ1v) is 7.33. The van der Waals surface area contributed by atoms with Crippen molar-refractivity contribution in [1.82, 2.24) is 15.5 Å². The molecule has 0 spiro atoms. The van der Waals surface area contributed by atoms with Crippen LogP contribution in [-0.4, -0.2) is 51.7 Å². The minimum Gasteiger partial charge on any atom is -0.315 e. The highest BCUT2D eigenvalue weighted by Crippen LogP contribution is 2.03. The van der Waals surface area contributed by atoms with Gasteiger partial charge in [0.15, 0.2) is 0 Å². The van der Waals surface area contributed by atoms with Crippen LogP contribution in [0.15, 0.2) is 0 Å². The molecule has 0 bridgehead atoms. The summed E-state index contributed by atoms with van der Waals surface area (Å²) in [5, 5.41) is 6.92. The summed E-state index contributed by atoms with van der Waals surface area (Å²) in [7, 11) is 4.22. The summed E-state index contributed by atoms with van der Waals surface area (Å²) in [5.41, 5.74) is 0. The molecule has 0 radical (unpaired) electrons. The topological polar surface area (TPSA) is 27.3 Å². The highest BCUT2D eigenvalue weighted by atomic mass is 15.1. The van der Waals surface area contributed by atoms with E-state index in [0.29, 0.717) is 0 Å². The molecule has 0 atom stereocenters. The number of hydrogen-bond donors (Lipinski definition) is 2. The van der Waals surface area contributed by atoms with Gasteiger partial charge in [0.05, 0.1) is 0 Å². The normalized spacial score (nSPS) is 11.3. The van der Waals surface area contributed by atoms with Crippen molar-refractivity contribution in [2.45, 2.75) is 45.4 Å². The van der Waals surface area contributed by atoms with E-state index in [1.807, 2.05) is 0 Å². The molecule has 0 aliphatic heterocycles. The fourth-order valence-corrected chi connectivity index (χ4v) is 1.76. The van der Waals surface area contributed by atoms with E-state index in [4.69, 9.17) is 0 Å². The maximum Gasteiger partial charge on any atom is 0.0101 e. The molecule has 2 N–H and O–H groups in total. The first-order valence-electron chi connectivity index (χ1n) is 7.33. The maximum absolute atomic E-state index is 3.49. The number of nitrogens with one attached hydrogen (secondary N) is 2. The fourth-order valence-electron chi connectivity index (χ4n) is 1.76. The Balaban J connectivity index is 2.89. The van der Waals surface area contributed by atoms with Crippen LogP contribution in [0.5, 0.6) is 0 Å². The second-order valence-electron chi connectivity index (χ2n) is 5.07. The van der Waals surface area contributed by atoms with Crippen LogP contribution in [0.25, 0.3) is 0 Å². The van der Waals surface area contributed by atoms with Gasteiger partial charge in [-0.3, -0.25) is 0 Å². The van der Waals surface area contributed by atoms with Gasteiger partial charge in [0.2, 0.25) is 0 Å². The zero-order valence-corrected chi connectivity index (χ0v) is 12.2. The first kappa shape index (κ1) is 16.9. The molecule has 104 valence electrons. The van der Waals surface area contributed by atoms with Crippen molar-refractivity contribution in [3.63, 3.8) is 0 Å². The Hall–Kier alpha value is -0.120. The minimum atomic E-state index is 1.09. The molecule has 0 rings (SSSR count). The summed E-state index contributed by atoms with van der Waals surface area (Å²) in [5.74, 6) is 0. The van der Waals surface area contributed by atoms with Crippen LogP contribution in [0.1, 0.15) is 45.4 Å². The van der Waals surface area contributed by atoms with Crippen molar-refractivity contribution in [3.05, 3.63) is 0 Å². The van der Waals surface area contributed by atoms with Gasteiger partial charge in [0, 0.05) is 26.2 Å². The summed E-state index contributed by atoms with van der Waals surface area (Å²) in [6.45, 7) is 7.85. The van der Waals surface area contributed by atoms with Crippen molar-refractivity contribution < 1.29 is 0 Å². The molecule has 0 aromatic rings.